The molecule has 6 nitrogen and oxygen atoms in total. The molecule has 0 aliphatic heterocycles. The fourth-order valence-corrected chi connectivity index (χ4v) is 4.18. The van der Waals surface area contributed by atoms with Gasteiger partial charge in [0.25, 0.3) is 0 Å². The Morgan fingerprint density at radius 1 is 0.944 bits per heavy atom. The van der Waals surface area contributed by atoms with Crippen LogP contribution in [0.3, 0.4) is 0 Å². The number of nitrogens with zero attached hydrogens (tertiary/aromatic N) is 3. The van der Waals surface area contributed by atoms with Gasteiger partial charge in [0.1, 0.15) is 5.82 Å². The summed E-state index contributed by atoms with van der Waals surface area (Å²) in [4.78, 5) is 30.6. The smallest absolute Gasteiger partial charge is 0.329 e. The lowest BCUT2D eigenvalue weighted by atomic mass is 10.1. The lowest BCUT2D eigenvalue weighted by Gasteiger charge is -2.20. The number of ketones is 1. The van der Waals surface area contributed by atoms with Gasteiger partial charge in [-0.2, -0.15) is 14.7 Å². The number of benzene rings is 3. The van der Waals surface area contributed by atoms with Crippen molar-refractivity contribution in [1.29, 1.82) is 0 Å². The molecule has 4 aromatic rings. The molecule has 0 fully saturated rings. The highest BCUT2D eigenvalue weighted by atomic mass is 35.5. The van der Waals surface area contributed by atoms with Crippen LogP contribution in [0.2, 0.25) is 5.02 Å². The first-order valence-electron chi connectivity index (χ1n) is 11.6. The van der Waals surface area contributed by atoms with Crippen LogP contribution in [-0.4, -0.2) is 28.8 Å². The third-order valence-corrected chi connectivity index (χ3v) is 5.92. The lowest BCUT2D eigenvalue weighted by Crippen LogP contribution is -2.14. The quantitative estimate of drug-likeness (QED) is 0.255. The Morgan fingerprint density at radius 3 is 2.17 bits per heavy atom. The van der Waals surface area contributed by atoms with Gasteiger partial charge in [0.2, 0.25) is 0 Å². The molecular formula is C29H28ClN3O3. The predicted molar refractivity (Wildman–Crippen MR) is 142 cm³/mol. The molecule has 0 aliphatic rings. The highest BCUT2D eigenvalue weighted by Gasteiger charge is 2.17. The minimum Gasteiger partial charge on any atom is -0.329 e. The molecular weight excluding hydrogens is 474 g/mol. The molecule has 0 N–H and O–H groups in total. The van der Waals surface area contributed by atoms with Crippen molar-refractivity contribution in [2.45, 2.75) is 33.6 Å². The van der Waals surface area contributed by atoms with E-state index in [4.69, 9.17) is 26.3 Å². The lowest BCUT2D eigenvalue weighted by molar-refractivity contribution is -0.191. The fourth-order valence-electron chi connectivity index (χ4n) is 3.89. The number of carbonyl (C=O) groups is 1. The standard InChI is InChI=1S/C28H28ClN3O.CO2/c1-5-6-27(33)21-9-13-24(14-10-21)31(4)28-18-26(22-15-20(3)16-23(29)17-22)30-32(28)25-11-7-19(2)8-12-25;2-1-3/h7-18H,5-6H2,1-4H3;. The SMILES string of the molecule is CCCC(=O)c1ccc(N(C)c2cc(-c3cc(C)cc(Cl)c3)nn2-c2ccc(C)cc2)cc1.O=C=O. The van der Waals surface area contributed by atoms with Gasteiger partial charge in [-0.05, 0) is 80.4 Å². The molecule has 0 saturated heterocycles. The Morgan fingerprint density at radius 2 is 1.58 bits per heavy atom. The van der Waals surface area contributed by atoms with Crippen molar-refractivity contribution in [2.75, 3.05) is 11.9 Å². The van der Waals surface area contributed by atoms with Crippen molar-refractivity contribution >= 4 is 35.0 Å². The first kappa shape index (κ1) is 26.6. The van der Waals surface area contributed by atoms with Crippen LogP contribution in [0.5, 0.6) is 0 Å². The maximum atomic E-state index is 12.2. The molecule has 3 aromatic carbocycles. The maximum absolute atomic E-state index is 12.2. The number of aromatic nitrogens is 2. The molecule has 36 heavy (non-hydrogen) atoms. The number of halogens is 1. The van der Waals surface area contributed by atoms with Crippen LogP contribution in [0.25, 0.3) is 16.9 Å². The van der Waals surface area contributed by atoms with Crippen LogP contribution in [-0.2, 0) is 9.59 Å². The number of anilines is 2. The van der Waals surface area contributed by atoms with Gasteiger partial charge in [-0.3, -0.25) is 4.79 Å². The third kappa shape index (κ3) is 6.36. The first-order chi connectivity index (χ1) is 17.3. The number of aryl methyl sites for hydroxylation is 2. The van der Waals surface area contributed by atoms with E-state index >= 15 is 0 Å². The monoisotopic (exact) mass is 501 g/mol. The molecule has 0 radical (unpaired) electrons. The van der Waals surface area contributed by atoms with E-state index in [-0.39, 0.29) is 11.9 Å². The van der Waals surface area contributed by atoms with Crippen LogP contribution in [0.4, 0.5) is 11.5 Å². The van der Waals surface area contributed by atoms with Crippen molar-refractivity contribution < 1.29 is 14.4 Å². The van der Waals surface area contributed by atoms with Gasteiger partial charge in [-0.1, -0.05) is 36.2 Å². The summed E-state index contributed by atoms with van der Waals surface area (Å²) < 4.78 is 1.95. The van der Waals surface area contributed by atoms with E-state index < -0.39 is 0 Å². The Labute approximate surface area is 216 Å². The Kier molecular flexibility index (Phi) is 8.96. The molecule has 1 aromatic heterocycles. The largest absolute Gasteiger partial charge is 0.373 e. The highest BCUT2D eigenvalue weighted by Crippen LogP contribution is 2.32. The van der Waals surface area contributed by atoms with Crippen LogP contribution in [0.15, 0.2) is 72.8 Å². The van der Waals surface area contributed by atoms with Crippen LogP contribution >= 0.6 is 11.6 Å². The normalized spacial score (nSPS) is 10.2. The zero-order valence-corrected chi connectivity index (χ0v) is 21.5. The number of Topliss-reactive ketones (excluding diaryl/α,β-unsaturated/α-hetero) is 1. The Balaban J connectivity index is 0.00000115. The Hall–Kier alpha value is -3.99. The van der Waals surface area contributed by atoms with Gasteiger partial charge in [-0.25, -0.2) is 4.68 Å². The molecule has 7 heteroatoms. The summed E-state index contributed by atoms with van der Waals surface area (Å²) >= 11 is 6.33. The average molecular weight is 502 g/mol. The Bertz CT molecular complexity index is 1350. The van der Waals surface area contributed by atoms with E-state index in [1.54, 1.807) is 0 Å². The second-order valence-corrected chi connectivity index (χ2v) is 8.95. The third-order valence-electron chi connectivity index (χ3n) is 5.70. The molecule has 0 unspecified atom stereocenters. The summed E-state index contributed by atoms with van der Waals surface area (Å²) in [7, 11) is 2.01. The minimum atomic E-state index is 0.176. The average Bonchev–Trinajstić information content (AvgIpc) is 3.30. The van der Waals surface area contributed by atoms with E-state index in [2.05, 4.69) is 48.2 Å². The number of rotatable bonds is 7. The molecule has 0 saturated carbocycles. The van der Waals surface area contributed by atoms with Gasteiger partial charge < -0.3 is 4.90 Å². The van der Waals surface area contributed by atoms with E-state index in [0.717, 1.165) is 46.0 Å². The van der Waals surface area contributed by atoms with Crippen LogP contribution in [0, 0.1) is 13.8 Å². The number of hydrogen-bond donors (Lipinski definition) is 0. The fraction of sp³-hybridized carbons (Fsp3) is 0.207. The molecule has 0 bridgehead atoms. The van der Waals surface area contributed by atoms with Gasteiger partial charge >= 0.3 is 6.15 Å². The molecule has 1 heterocycles. The van der Waals surface area contributed by atoms with Crippen molar-refractivity contribution in [3.05, 3.63) is 94.5 Å². The molecule has 0 amide bonds. The summed E-state index contributed by atoms with van der Waals surface area (Å²) in [5.41, 5.74) is 6.80. The number of hydrogen-bond acceptors (Lipinski definition) is 5. The molecule has 0 spiro atoms. The van der Waals surface area contributed by atoms with Crippen molar-refractivity contribution in [3.63, 3.8) is 0 Å². The van der Waals surface area contributed by atoms with Crippen LogP contribution in [0.1, 0.15) is 41.3 Å². The van der Waals surface area contributed by atoms with E-state index in [9.17, 15) is 4.79 Å². The molecule has 0 aliphatic carbocycles. The van der Waals surface area contributed by atoms with Crippen molar-refractivity contribution in [1.82, 2.24) is 9.78 Å². The summed E-state index contributed by atoms with van der Waals surface area (Å²) in [5, 5.41) is 5.63. The maximum Gasteiger partial charge on any atom is 0.373 e. The second kappa shape index (κ2) is 12.1. The number of carbonyl (C=O) groups excluding carboxylic acids is 3. The van der Waals surface area contributed by atoms with E-state index in [0.29, 0.717) is 11.4 Å². The zero-order valence-electron chi connectivity index (χ0n) is 20.8. The van der Waals surface area contributed by atoms with Crippen molar-refractivity contribution in [3.8, 4) is 16.9 Å². The molecule has 184 valence electrons. The molecule has 0 atom stereocenters. The van der Waals surface area contributed by atoms with E-state index in [1.807, 2.05) is 62.0 Å². The summed E-state index contributed by atoms with van der Waals surface area (Å²) in [6.07, 6.45) is 1.67. The summed E-state index contributed by atoms with van der Waals surface area (Å²) in [6, 6.07) is 24.1. The van der Waals surface area contributed by atoms with E-state index in [1.165, 1.54) is 5.56 Å². The second-order valence-electron chi connectivity index (χ2n) is 8.51. The van der Waals surface area contributed by atoms with Gasteiger partial charge in [0, 0.05) is 41.4 Å². The van der Waals surface area contributed by atoms with Gasteiger partial charge in [0.15, 0.2) is 5.78 Å². The minimum absolute atomic E-state index is 0.176. The van der Waals surface area contributed by atoms with Crippen molar-refractivity contribution in [2.24, 2.45) is 0 Å². The summed E-state index contributed by atoms with van der Waals surface area (Å²) in [5.74, 6) is 1.09. The predicted octanol–water partition coefficient (Wildman–Crippen LogP) is 6.98. The van der Waals surface area contributed by atoms with Gasteiger partial charge in [-0.15, -0.1) is 0 Å². The molecule has 4 rings (SSSR count). The highest BCUT2D eigenvalue weighted by molar-refractivity contribution is 6.30. The first-order valence-corrected chi connectivity index (χ1v) is 12.0. The van der Waals surface area contributed by atoms with Gasteiger partial charge in [0.05, 0.1) is 11.4 Å². The van der Waals surface area contributed by atoms with Crippen LogP contribution < -0.4 is 4.90 Å². The zero-order chi connectivity index (χ0) is 26.2. The topological polar surface area (TPSA) is 72.3 Å². The summed E-state index contributed by atoms with van der Waals surface area (Å²) in [6.45, 7) is 6.12.